The summed E-state index contributed by atoms with van der Waals surface area (Å²) in [6.45, 7) is 5.24. The molecular formula is C24H44NO3S+. The van der Waals surface area contributed by atoms with Crippen LogP contribution in [-0.4, -0.2) is 43.8 Å². The van der Waals surface area contributed by atoms with Crippen molar-refractivity contribution in [2.75, 3.05) is 26.4 Å². The molecule has 0 saturated carbocycles. The van der Waals surface area contributed by atoms with E-state index in [-0.39, 0.29) is 5.75 Å². The maximum absolute atomic E-state index is 11.2. The van der Waals surface area contributed by atoms with Crippen molar-refractivity contribution in [2.24, 2.45) is 5.92 Å². The second kappa shape index (κ2) is 13.4. The molecule has 1 rings (SSSR count). The molecule has 1 aromatic carbocycles. The maximum Gasteiger partial charge on any atom is 0.265 e. The van der Waals surface area contributed by atoms with E-state index in [9.17, 15) is 8.42 Å². The molecule has 0 aliphatic carbocycles. The van der Waals surface area contributed by atoms with Crippen molar-refractivity contribution in [1.82, 2.24) is 0 Å². The van der Waals surface area contributed by atoms with Gasteiger partial charge in [0.1, 0.15) is 6.04 Å². The van der Waals surface area contributed by atoms with E-state index in [1.54, 1.807) is 0 Å². The quantitative estimate of drug-likeness (QED) is 0.193. The van der Waals surface area contributed by atoms with Gasteiger partial charge in [0.2, 0.25) is 0 Å². The Morgan fingerprint density at radius 1 is 0.862 bits per heavy atom. The van der Waals surface area contributed by atoms with Crippen molar-refractivity contribution in [3.8, 4) is 0 Å². The first-order chi connectivity index (χ1) is 13.7. The first-order valence-corrected chi connectivity index (χ1v) is 13.1. The lowest BCUT2D eigenvalue weighted by molar-refractivity contribution is -0.925. The fraction of sp³-hybridized carbons (Fsp3) is 0.750. The molecule has 0 saturated heterocycles. The zero-order chi connectivity index (χ0) is 21.8. The van der Waals surface area contributed by atoms with Gasteiger partial charge in [0.25, 0.3) is 10.1 Å². The highest BCUT2D eigenvalue weighted by Gasteiger charge is 2.36. The van der Waals surface area contributed by atoms with Crippen molar-refractivity contribution < 1.29 is 17.5 Å². The molecule has 1 aromatic rings. The van der Waals surface area contributed by atoms with Crippen LogP contribution in [0.5, 0.6) is 0 Å². The Labute approximate surface area is 180 Å². The van der Waals surface area contributed by atoms with E-state index < -0.39 is 10.1 Å². The molecule has 0 aliphatic rings. The Morgan fingerprint density at radius 2 is 1.48 bits per heavy atom. The first kappa shape index (κ1) is 26.1. The molecule has 4 nitrogen and oxygen atoms in total. The standard InChI is InChI=1S/C24H43NO3S/c1-5-7-8-9-10-12-17-22(16-6-2)24(23-18-13-11-14-19-23)25(3,4)20-15-21-29(26,27)28/h11,13-14,18-19,22,24H,5-10,12,15-17,20-21H2,1-4H3/p+1. The molecule has 0 radical (unpaired) electrons. The third-order valence-electron chi connectivity index (χ3n) is 6.07. The zero-order valence-corrected chi connectivity index (χ0v) is 20.0. The van der Waals surface area contributed by atoms with E-state index >= 15 is 0 Å². The van der Waals surface area contributed by atoms with Crippen LogP contribution in [-0.2, 0) is 10.1 Å². The fourth-order valence-corrected chi connectivity index (χ4v) is 5.20. The molecule has 1 N–H and O–H groups in total. The molecule has 0 heterocycles. The number of hydrogen-bond acceptors (Lipinski definition) is 2. The van der Waals surface area contributed by atoms with Crippen LogP contribution in [0.3, 0.4) is 0 Å². The summed E-state index contributed by atoms with van der Waals surface area (Å²) < 4.78 is 32.3. The Bertz CT molecular complexity index is 643. The van der Waals surface area contributed by atoms with Gasteiger partial charge < -0.3 is 4.48 Å². The summed E-state index contributed by atoms with van der Waals surface area (Å²) >= 11 is 0. The van der Waals surface area contributed by atoms with Crippen LogP contribution in [0.1, 0.15) is 89.7 Å². The molecule has 5 heteroatoms. The van der Waals surface area contributed by atoms with E-state index in [4.69, 9.17) is 4.55 Å². The fourth-order valence-electron chi connectivity index (χ4n) is 4.71. The first-order valence-electron chi connectivity index (χ1n) is 11.5. The summed E-state index contributed by atoms with van der Waals surface area (Å²) in [5, 5.41) is 0. The van der Waals surface area contributed by atoms with Gasteiger partial charge in [-0.15, -0.1) is 0 Å². The van der Waals surface area contributed by atoms with Crippen molar-refractivity contribution >= 4 is 10.1 Å². The Balaban J connectivity index is 2.91. The van der Waals surface area contributed by atoms with Gasteiger partial charge in [0.15, 0.2) is 0 Å². The van der Waals surface area contributed by atoms with Crippen LogP contribution in [0.2, 0.25) is 0 Å². The molecule has 0 spiro atoms. The topological polar surface area (TPSA) is 54.4 Å². The molecule has 2 unspecified atom stereocenters. The summed E-state index contributed by atoms with van der Waals surface area (Å²) in [4.78, 5) is 0. The lowest BCUT2D eigenvalue weighted by atomic mass is 9.83. The van der Waals surface area contributed by atoms with Crippen LogP contribution in [0.15, 0.2) is 30.3 Å². The highest BCUT2D eigenvalue weighted by Crippen LogP contribution is 2.38. The largest absolute Gasteiger partial charge is 0.322 e. The minimum atomic E-state index is -3.90. The summed E-state index contributed by atoms with van der Waals surface area (Å²) in [6.07, 6.45) is 11.9. The van der Waals surface area contributed by atoms with E-state index in [0.29, 0.717) is 18.4 Å². The van der Waals surface area contributed by atoms with Gasteiger partial charge in [-0.3, -0.25) is 4.55 Å². The predicted molar refractivity (Wildman–Crippen MR) is 124 cm³/mol. The monoisotopic (exact) mass is 426 g/mol. The van der Waals surface area contributed by atoms with E-state index in [1.807, 2.05) is 0 Å². The van der Waals surface area contributed by atoms with Crippen LogP contribution in [0.25, 0.3) is 0 Å². The third kappa shape index (κ3) is 10.6. The smallest absolute Gasteiger partial charge is 0.265 e. The average molecular weight is 427 g/mol. The maximum atomic E-state index is 11.2. The van der Waals surface area contributed by atoms with Crippen LogP contribution < -0.4 is 0 Å². The van der Waals surface area contributed by atoms with E-state index in [1.165, 1.54) is 56.9 Å². The number of quaternary nitrogens is 1. The van der Waals surface area contributed by atoms with Gasteiger partial charge in [0, 0.05) is 17.9 Å². The molecule has 0 bridgehead atoms. The molecule has 0 aromatic heterocycles. The van der Waals surface area contributed by atoms with Crippen molar-refractivity contribution in [1.29, 1.82) is 0 Å². The molecule has 0 aliphatic heterocycles. The molecular weight excluding hydrogens is 382 g/mol. The highest BCUT2D eigenvalue weighted by atomic mass is 32.2. The van der Waals surface area contributed by atoms with Gasteiger partial charge in [-0.1, -0.05) is 89.1 Å². The summed E-state index contributed by atoms with van der Waals surface area (Å²) in [5.41, 5.74) is 1.34. The van der Waals surface area contributed by atoms with Gasteiger partial charge in [-0.05, 0) is 12.8 Å². The van der Waals surface area contributed by atoms with Gasteiger partial charge in [0.05, 0.1) is 26.4 Å². The number of nitrogens with zero attached hydrogens (tertiary/aromatic N) is 1. The van der Waals surface area contributed by atoms with Gasteiger partial charge >= 0.3 is 0 Å². The Kier molecular flexibility index (Phi) is 12.1. The molecule has 168 valence electrons. The minimum Gasteiger partial charge on any atom is -0.322 e. The summed E-state index contributed by atoms with van der Waals surface area (Å²) in [5.74, 6) is 0.417. The molecule has 29 heavy (non-hydrogen) atoms. The highest BCUT2D eigenvalue weighted by molar-refractivity contribution is 7.85. The van der Waals surface area contributed by atoms with E-state index in [0.717, 1.165) is 17.4 Å². The van der Waals surface area contributed by atoms with Crippen LogP contribution in [0.4, 0.5) is 0 Å². The van der Waals surface area contributed by atoms with Crippen molar-refractivity contribution in [2.45, 2.75) is 84.1 Å². The normalized spacial score (nSPS) is 14.7. The summed E-state index contributed by atoms with van der Waals surface area (Å²) in [6, 6.07) is 11.0. The lowest BCUT2D eigenvalue weighted by Gasteiger charge is -2.43. The zero-order valence-electron chi connectivity index (χ0n) is 19.1. The molecule has 0 amide bonds. The second-order valence-corrected chi connectivity index (χ2v) is 10.7. The van der Waals surface area contributed by atoms with Crippen LogP contribution >= 0.6 is 0 Å². The van der Waals surface area contributed by atoms with E-state index in [2.05, 4.69) is 58.3 Å². The number of unbranched alkanes of at least 4 members (excludes halogenated alkanes) is 5. The molecule has 0 fully saturated rings. The number of rotatable bonds is 16. The van der Waals surface area contributed by atoms with Gasteiger partial charge in [-0.25, -0.2) is 0 Å². The SMILES string of the molecule is CCCCCCCCC(CCC)C(c1ccccc1)[N+](C)(C)CCCS(=O)(=O)O. The van der Waals surface area contributed by atoms with Crippen molar-refractivity contribution in [3.05, 3.63) is 35.9 Å². The summed E-state index contributed by atoms with van der Waals surface area (Å²) in [7, 11) is 0.525. The number of benzene rings is 1. The van der Waals surface area contributed by atoms with Crippen LogP contribution in [0, 0.1) is 5.92 Å². The molecule has 2 atom stereocenters. The van der Waals surface area contributed by atoms with Crippen molar-refractivity contribution in [3.63, 3.8) is 0 Å². The predicted octanol–water partition coefficient (Wildman–Crippen LogP) is 6.25. The minimum absolute atomic E-state index is 0.161. The lowest BCUT2D eigenvalue weighted by Crippen LogP contribution is -2.47. The number of hydrogen-bond donors (Lipinski definition) is 1. The Morgan fingerprint density at radius 3 is 2.07 bits per heavy atom. The van der Waals surface area contributed by atoms with Gasteiger partial charge in [-0.2, -0.15) is 8.42 Å². The third-order valence-corrected chi connectivity index (χ3v) is 6.87. The average Bonchev–Trinajstić information content (AvgIpc) is 2.64. The second-order valence-electron chi connectivity index (χ2n) is 9.10. The Hall–Kier alpha value is -0.910.